The summed E-state index contributed by atoms with van der Waals surface area (Å²) in [5, 5.41) is 5.96. The summed E-state index contributed by atoms with van der Waals surface area (Å²) in [7, 11) is 0. The monoisotopic (exact) mass is 385 g/mol. The number of ether oxygens (including phenoxy) is 1. The van der Waals surface area contributed by atoms with Crippen molar-refractivity contribution in [3.8, 4) is 16.5 Å². The number of rotatable bonds is 8. The van der Waals surface area contributed by atoms with Gasteiger partial charge in [-0.15, -0.1) is 11.3 Å². The lowest BCUT2D eigenvalue weighted by molar-refractivity contribution is -0.139. The summed E-state index contributed by atoms with van der Waals surface area (Å²) in [6.45, 7) is 6.65. The Bertz CT molecular complexity index is 876. The van der Waals surface area contributed by atoms with Crippen LogP contribution in [0.25, 0.3) is 10.7 Å². The molecule has 3 rings (SSSR count). The molecule has 1 aromatic carbocycles. The van der Waals surface area contributed by atoms with E-state index in [9.17, 15) is 4.79 Å². The van der Waals surface area contributed by atoms with E-state index in [2.05, 4.69) is 10.1 Å². The van der Waals surface area contributed by atoms with Gasteiger partial charge < -0.3 is 14.2 Å². The Morgan fingerprint density at radius 2 is 2.15 bits per heavy atom. The van der Waals surface area contributed by atoms with E-state index >= 15 is 0 Å². The van der Waals surface area contributed by atoms with Crippen LogP contribution in [0.2, 0.25) is 0 Å². The maximum atomic E-state index is 12.9. The zero-order valence-electron chi connectivity index (χ0n) is 15.7. The van der Waals surface area contributed by atoms with E-state index in [1.54, 1.807) is 16.2 Å². The van der Waals surface area contributed by atoms with Crippen LogP contribution in [-0.2, 0) is 11.3 Å². The fraction of sp³-hybridized carbons (Fsp3) is 0.350. The van der Waals surface area contributed by atoms with E-state index in [1.807, 2.05) is 62.5 Å². The van der Waals surface area contributed by atoms with Crippen molar-refractivity contribution in [2.24, 2.45) is 0 Å². The first-order chi connectivity index (χ1) is 13.1. The van der Waals surface area contributed by atoms with Gasteiger partial charge in [0.05, 0.1) is 4.88 Å². The predicted molar refractivity (Wildman–Crippen MR) is 105 cm³/mol. The van der Waals surface area contributed by atoms with E-state index < -0.39 is 6.10 Å². The first kappa shape index (κ1) is 19.1. The van der Waals surface area contributed by atoms with Crippen LogP contribution < -0.4 is 4.74 Å². The Balaban J connectivity index is 1.69. The van der Waals surface area contributed by atoms with Gasteiger partial charge >= 0.3 is 0 Å². The van der Waals surface area contributed by atoms with E-state index in [-0.39, 0.29) is 12.5 Å². The minimum absolute atomic E-state index is 0.0858. The summed E-state index contributed by atoms with van der Waals surface area (Å²) in [5.41, 5.74) is 1.09. The molecule has 0 fully saturated rings. The van der Waals surface area contributed by atoms with Crippen molar-refractivity contribution >= 4 is 17.2 Å². The standard InChI is InChI=1S/C20H23N3O3S/c1-4-16(25-15-9-6-8-14(3)12-15)20(24)23(5-2)13-18-21-19(22-26-18)17-10-7-11-27-17/h6-12,16H,4-5,13H2,1-3H3/t16-/m1/s1. The summed E-state index contributed by atoms with van der Waals surface area (Å²) in [6, 6.07) is 11.6. The molecule has 2 aromatic heterocycles. The maximum Gasteiger partial charge on any atom is 0.264 e. The Morgan fingerprint density at radius 3 is 2.81 bits per heavy atom. The normalized spacial score (nSPS) is 12.0. The molecule has 0 saturated heterocycles. The Kier molecular flexibility index (Phi) is 6.24. The number of thiophene rings is 1. The topological polar surface area (TPSA) is 68.5 Å². The van der Waals surface area contributed by atoms with Crippen LogP contribution in [0.3, 0.4) is 0 Å². The molecule has 1 atom stereocenters. The molecular weight excluding hydrogens is 362 g/mol. The van der Waals surface area contributed by atoms with Gasteiger partial charge in [-0.25, -0.2) is 0 Å². The van der Waals surface area contributed by atoms with Gasteiger partial charge in [-0.2, -0.15) is 4.98 Å². The van der Waals surface area contributed by atoms with Crippen LogP contribution in [0.4, 0.5) is 0 Å². The Morgan fingerprint density at radius 1 is 1.30 bits per heavy atom. The average Bonchev–Trinajstić information content (AvgIpc) is 3.35. The molecule has 0 spiro atoms. The first-order valence-electron chi connectivity index (χ1n) is 8.99. The predicted octanol–water partition coefficient (Wildman–Crippen LogP) is 4.31. The fourth-order valence-corrected chi connectivity index (χ4v) is 3.35. The number of aryl methyl sites for hydroxylation is 1. The number of hydrogen-bond donors (Lipinski definition) is 0. The largest absolute Gasteiger partial charge is 0.481 e. The van der Waals surface area contributed by atoms with Crippen molar-refractivity contribution in [1.82, 2.24) is 15.0 Å². The molecule has 0 unspecified atom stereocenters. The number of carbonyl (C=O) groups is 1. The third-order valence-electron chi connectivity index (χ3n) is 4.14. The minimum Gasteiger partial charge on any atom is -0.481 e. The molecule has 6 nitrogen and oxygen atoms in total. The van der Waals surface area contributed by atoms with Gasteiger partial charge in [0.25, 0.3) is 5.91 Å². The van der Waals surface area contributed by atoms with Gasteiger partial charge in [0, 0.05) is 6.54 Å². The average molecular weight is 385 g/mol. The second-order valence-electron chi connectivity index (χ2n) is 6.17. The van der Waals surface area contributed by atoms with Gasteiger partial charge in [-0.05, 0) is 49.4 Å². The summed E-state index contributed by atoms with van der Waals surface area (Å²) in [4.78, 5) is 20.0. The number of amides is 1. The molecule has 0 bridgehead atoms. The first-order valence-corrected chi connectivity index (χ1v) is 9.87. The summed E-state index contributed by atoms with van der Waals surface area (Å²) in [5.74, 6) is 1.58. The lowest BCUT2D eigenvalue weighted by Gasteiger charge is -2.25. The van der Waals surface area contributed by atoms with Crippen molar-refractivity contribution in [3.05, 3.63) is 53.2 Å². The van der Waals surface area contributed by atoms with Crippen molar-refractivity contribution < 1.29 is 14.1 Å². The molecule has 0 saturated carbocycles. The van der Waals surface area contributed by atoms with Crippen LogP contribution in [0.1, 0.15) is 31.7 Å². The van der Waals surface area contributed by atoms with Crippen LogP contribution in [-0.4, -0.2) is 33.6 Å². The second kappa shape index (κ2) is 8.81. The summed E-state index contributed by atoms with van der Waals surface area (Å²) in [6.07, 6.45) is 0.0273. The van der Waals surface area contributed by atoms with Crippen LogP contribution >= 0.6 is 11.3 Å². The van der Waals surface area contributed by atoms with E-state index in [1.165, 1.54) is 0 Å². The minimum atomic E-state index is -0.550. The zero-order chi connectivity index (χ0) is 19.2. The van der Waals surface area contributed by atoms with Crippen molar-refractivity contribution in [2.75, 3.05) is 6.54 Å². The zero-order valence-corrected chi connectivity index (χ0v) is 16.5. The molecule has 27 heavy (non-hydrogen) atoms. The maximum absolute atomic E-state index is 12.9. The molecule has 3 aromatic rings. The molecule has 0 radical (unpaired) electrons. The Hall–Kier alpha value is -2.67. The van der Waals surface area contributed by atoms with Gasteiger partial charge in [-0.1, -0.05) is 30.3 Å². The number of benzene rings is 1. The third-order valence-corrected chi connectivity index (χ3v) is 5.01. The van der Waals surface area contributed by atoms with Gasteiger partial charge in [0.2, 0.25) is 11.7 Å². The number of hydrogen-bond acceptors (Lipinski definition) is 6. The molecule has 7 heteroatoms. The molecule has 2 heterocycles. The van der Waals surface area contributed by atoms with Crippen molar-refractivity contribution in [3.63, 3.8) is 0 Å². The number of aromatic nitrogens is 2. The third kappa shape index (κ3) is 4.74. The highest BCUT2D eigenvalue weighted by atomic mass is 32.1. The summed E-state index contributed by atoms with van der Waals surface area (Å²) < 4.78 is 11.3. The van der Waals surface area contributed by atoms with E-state index in [4.69, 9.17) is 9.26 Å². The van der Waals surface area contributed by atoms with Gasteiger partial charge in [-0.3, -0.25) is 4.79 Å². The van der Waals surface area contributed by atoms with Gasteiger partial charge in [0.15, 0.2) is 6.10 Å². The molecule has 1 amide bonds. The lowest BCUT2D eigenvalue weighted by atomic mass is 10.2. The number of carbonyl (C=O) groups excluding carboxylic acids is 1. The van der Waals surface area contributed by atoms with E-state index in [0.29, 0.717) is 30.4 Å². The van der Waals surface area contributed by atoms with Gasteiger partial charge in [0.1, 0.15) is 12.3 Å². The molecule has 0 aliphatic rings. The van der Waals surface area contributed by atoms with E-state index in [0.717, 1.165) is 10.4 Å². The smallest absolute Gasteiger partial charge is 0.264 e. The van der Waals surface area contributed by atoms with Crippen LogP contribution in [0.15, 0.2) is 46.3 Å². The SMILES string of the molecule is CC[C@@H](Oc1cccc(C)c1)C(=O)N(CC)Cc1nc(-c2cccs2)no1. The number of nitrogens with zero attached hydrogens (tertiary/aromatic N) is 3. The molecular formula is C20H23N3O3S. The molecule has 0 aliphatic carbocycles. The lowest BCUT2D eigenvalue weighted by Crippen LogP contribution is -2.41. The highest BCUT2D eigenvalue weighted by molar-refractivity contribution is 7.13. The molecule has 142 valence electrons. The van der Waals surface area contributed by atoms with Crippen LogP contribution in [0.5, 0.6) is 5.75 Å². The molecule has 0 N–H and O–H groups in total. The van der Waals surface area contributed by atoms with Crippen molar-refractivity contribution in [2.45, 2.75) is 39.8 Å². The Labute approximate surface area is 162 Å². The fourth-order valence-electron chi connectivity index (χ4n) is 2.70. The second-order valence-corrected chi connectivity index (χ2v) is 7.12. The number of likely N-dealkylation sites (N-methyl/N-ethyl adjacent to an activating group) is 1. The van der Waals surface area contributed by atoms with Crippen molar-refractivity contribution in [1.29, 1.82) is 0 Å². The quantitative estimate of drug-likeness (QED) is 0.578. The highest BCUT2D eigenvalue weighted by Gasteiger charge is 2.25. The van der Waals surface area contributed by atoms with Crippen LogP contribution in [0, 0.1) is 6.92 Å². The summed E-state index contributed by atoms with van der Waals surface area (Å²) >= 11 is 1.55. The highest BCUT2D eigenvalue weighted by Crippen LogP contribution is 2.22. The molecule has 0 aliphatic heterocycles.